The summed E-state index contributed by atoms with van der Waals surface area (Å²) in [6, 6.07) is 0.583. The Morgan fingerprint density at radius 2 is 2.00 bits per heavy atom. The van der Waals surface area contributed by atoms with Gasteiger partial charge in [-0.3, -0.25) is 4.99 Å². The third-order valence-corrected chi connectivity index (χ3v) is 1.29. The van der Waals surface area contributed by atoms with Crippen LogP contribution in [0.25, 0.3) is 0 Å². The highest BCUT2D eigenvalue weighted by atomic mass is 15.0. The predicted octanol–water partition coefficient (Wildman–Crippen LogP) is 1.49. The highest BCUT2D eigenvalue weighted by Crippen LogP contribution is 2.17. The zero-order valence-electron chi connectivity index (χ0n) is 5.10. The SMILES string of the molecule is CC(C)C1=NC1C. The molecule has 0 saturated heterocycles. The molecule has 0 aromatic carbocycles. The van der Waals surface area contributed by atoms with E-state index < -0.39 is 0 Å². The van der Waals surface area contributed by atoms with E-state index in [9.17, 15) is 0 Å². The lowest BCUT2D eigenvalue weighted by atomic mass is 10.1. The van der Waals surface area contributed by atoms with Gasteiger partial charge in [-0.05, 0) is 12.8 Å². The Labute approximate surface area is 44.5 Å². The van der Waals surface area contributed by atoms with Crippen molar-refractivity contribution in [3.05, 3.63) is 0 Å². The van der Waals surface area contributed by atoms with Gasteiger partial charge < -0.3 is 0 Å². The highest BCUT2D eigenvalue weighted by Gasteiger charge is 2.23. The summed E-state index contributed by atoms with van der Waals surface area (Å²) in [5.74, 6) is 0.690. The van der Waals surface area contributed by atoms with Gasteiger partial charge in [0.05, 0.1) is 6.04 Å². The molecule has 1 aliphatic rings. The van der Waals surface area contributed by atoms with Crippen molar-refractivity contribution >= 4 is 5.71 Å². The molecule has 0 fully saturated rings. The fourth-order valence-electron chi connectivity index (χ4n) is 0.818. The number of aliphatic imine (C=N–C) groups is 1. The van der Waals surface area contributed by atoms with Crippen molar-refractivity contribution < 1.29 is 0 Å². The van der Waals surface area contributed by atoms with Crippen LogP contribution in [0.15, 0.2) is 4.99 Å². The van der Waals surface area contributed by atoms with E-state index >= 15 is 0 Å². The third-order valence-electron chi connectivity index (χ3n) is 1.29. The van der Waals surface area contributed by atoms with E-state index in [2.05, 4.69) is 25.8 Å². The first-order valence-electron chi connectivity index (χ1n) is 2.79. The molecule has 0 spiro atoms. The Morgan fingerprint density at radius 3 is 2.00 bits per heavy atom. The number of rotatable bonds is 1. The van der Waals surface area contributed by atoms with Crippen LogP contribution in [0.3, 0.4) is 0 Å². The van der Waals surface area contributed by atoms with Crippen LogP contribution in [0.4, 0.5) is 0 Å². The maximum atomic E-state index is 4.17. The molecule has 1 rings (SSSR count). The standard InChI is InChI=1S/C6H11N/c1-4(2)6-5(3)7-6/h4-5H,1-3H3. The molecule has 1 heteroatoms. The van der Waals surface area contributed by atoms with E-state index in [0.717, 1.165) is 0 Å². The van der Waals surface area contributed by atoms with E-state index in [-0.39, 0.29) is 0 Å². The van der Waals surface area contributed by atoms with Crippen LogP contribution in [-0.2, 0) is 0 Å². The average molecular weight is 97.2 g/mol. The van der Waals surface area contributed by atoms with Crippen molar-refractivity contribution in [1.82, 2.24) is 0 Å². The van der Waals surface area contributed by atoms with E-state index in [0.29, 0.717) is 12.0 Å². The van der Waals surface area contributed by atoms with Gasteiger partial charge in [0.15, 0.2) is 0 Å². The maximum Gasteiger partial charge on any atom is 0.0851 e. The normalized spacial score (nSPS) is 28.0. The van der Waals surface area contributed by atoms with Crippen molar-refractivity contribution in [3.63, 3.8) is 0 Å². The van der Waals surface area contributed by atoms with Crippen LogP contribution in [0.1, 0.15) is 20.8 Å². The van der Waals surface area contributed by atoms with Gasteiger partial charge in [0.25, 0.3) is 0 Å². The van der Waals surface area contributed by atoms with Crippen molar-refractivity contribution in [2.45, 2.75) is 26.8 Å². The second-order valence-corrected chi connectivity index (χ2v) is 2.38. The fraction of sp³-hybridized carbons (Fsp3) is 0.833. The molecule has 0 aliphatic carbocycles. The lowest BCUT2D eigenvalue weighted by Gasteiger charge is -1.90. The van der Waals surface area contributed by atoms with Crippen LogP contribution in [0.2, 0.25) is 0 Å². The molecule has 0 aromatic rings. The Kier molecular flexibility index (Phi) is 0.911. The van der Waals surface area contributed by atoms with Crippen LogP contribution < -0.4 is 0 Å². The van der Waals surface area contributed by atoms with E-state index in [1.165, 1.54) is 5.71 Å². The molecule has 0 aromatic heterocycles. The fourth-order valence-corrected chi connectivity index (χ4v) is 0.818. The van der Waals surface area contributed by atoms with Crippen molar-refractivity contribution in [1.29, 1.82) is 0 Å². The third kappa shape index (κ3) is 0.817. The maximum absolute atomic E-state index is 4.17. The summed E-state index contributed by atoms with van der Waals surface area (Å²) < 4.78 is 0. The molecule has 1 nitrogen and oxygen atoms in total. The van der Waals surface area contributed by atoms with Crippen molar-refractivity contribution in [2.24, 2.45) is 10.9 Å². The number of hydrogen-bond acceptors (Lipinski definition) is 1. The zero-order chi connectivity index (χ0) is 5.44. The molecule has 0 bridgehead atoms. The number of nitrogens with zero attached hydrogens (tertiary/aromatic N) is 1. The van der Waals surface area contributed by atoms with E-state index in [4.69, 9.17) is 0 Å². The Balaban J connectivity index is 2.33. The number of hydrogen-bond donors (Lipinski definition) is 0. The van der Waals surface area contributed by atoms with Crippen LogP contribution in [0.5, 0.6) is 0 Å². The Bertz CT molecular complexity index is 103. The summed E-state index contributed by atoms with van der Waals surface area (Å²) in [7, 11) is 0. The molecule has 0 saturated carbocycles. The molecule has 0 N–H and O–H groups in total. The Hall–Kier alpha value is -0.330. The van der Waals surface area contributed by atoms with Gasteiger partial charge >= 0.3 is 0 Å². The summed E-state index contributed by atoms with van der Waals surface area (Å²) >= 11 is 0. The summed E-state index contributed by atoms with van der Waals surface area (Å²) in [6.07, 6.45) is 0. The molecule has 1 heterocycles. The summed E-state index contributed by atoms with van der Waals surface area (Å²) in [4.78, 5) is 4.17. The smallest absolute Gasteiger partial charge is 0.0851 e. The first kappa shape index (κ1) is 4.82. The monoisotopic (exact) mass is 97.1 g/mol. The van der Waals surface area contributed by atoms with Crippen molar-refractivity contribution in [3.8, 4) is 0 Å². The lowest BCUT2D eigenvalue weighted by Crippen LogP contribution is -1.99. The van der Waals surface area contributed by atoms with Gasteiger partial charge in [-0.1, -0.05) is 13.8 Å². The minimum atomic E-state index is 0.583. The first-order chi connectivity index (χ1) is 3.22. The minimum absolute atomic E-state index is 0.583. The van der Waals surface area contributed by atoms with Crippen LogP contribution in [-0.4, -0.2) is 11.8 Å². The van der Waals surface area contributed by atoms with Crippen LogP contribution in [0, 0.1) is 5.92 Å². The second kappa shape index (κ2) is 1.32. The molecule has 0 amide bonds. The molecule has 1 atom stereocenters. The summed E-state index contributed by atoms with van der Waals surface area (Å²) in [5, 5.41) is 0. The first-order valence-corrected chi connectivity index (χ1v) is 2.79. The predicted molar refractivity (Wildman–Crippen MR) is 31.7 cm³/mol. The molecule has 1 aliphatic heterocycles. The molecular formula is C6H11N. The minimum Gasteiger partial charge on any atom is -0.283 e. The van der Waals surface area contributed by atoms with E-state index in [1.54, 1.807) is 0 Å². The van der Waals surface area contributed by atoms with Crippen molar-refractivity contribution in [2.75, 3.05) is 0 Å². The van der Waals surface area contributed by atoms with Gasteiger partial charge in [-0.2, -0.15) is 0 Å². The Morgan fingerprint density at radius 1 is 1.57 bits per heavy atom. The largest absolute Gasteiger partial charge is 0.283 e. The lowest BCUT2D eigenvalue weighted by molar-refractivity contribution is 0.890. The van der Waals surface area contributed by atoms with Gasteiger partial charge in [0.2, 0.25) is 0 Å². The molecule has 0 radical (unpaired) electrons. The van der Waals surface area contributed by atoms with Gasteiger partial charge in [-0.25, -0.2) is 0 Å². The quantitative estimate of drug-likeness (QED) is 0.470. The summed E-state index contributed by atoms with van der Waals surface area (Å²) in [5.41, 5.74) is 1.39. The average Bonchev–Trinajstić information content (AvgIpc) is 2.17. The van der Waals surface area contributed by atoms with Gasteiger partial charge in [0, 0.05) is 5.71 Å². The van der Waals surface area contributed by atoms with E-state index in [1.807, 2.05) is 0 Å². The highest BCUT2D eigenvalue weighted by molar-refractivity contribution is 6.01. The molecule has 1 unspecified atom stereocenters. The second-order valence-electron chi connectivity index (χ2n) is 2.38. The molecule has 40 valence electrons. The van der Waals surface area contributed by atoms with Crippen LogP contribution >= 0.6 is 0 Å². The molecule has 7 heavy (non-hydrogen) atoms. The van der Waals surface area contributed by atoms with Gasteiger partial charge in [-0.15, -0.1) is 0 Å². The summed E-state index contributed by atoms with van der Waals surface area (Å²) in [6.45, 7) is 6.50. The topological polar surface area (TPSA) is 12.4 Å². The molecular weight excluding hydrogens is 86.1 g/mol. The van der Waals surface area contributed by atoms with Gasteiger partial charge in [0.1, 0.15) is 0 Å². The zero-order valence-corrected chi connectivity index (χ0v) is 5.10.